The minimum absolute atomic E-state index is 0.238. The number of likely N-dealkylation sites (tertiary alicyclic amines) is 1. The molecular formula is C24H37N3O. The number of rotatable bonds is 7. The molecule has 0 aromatic heterocycles. The summed E-state index contributed by atoms with van der Waals surface area (Å²) in [4.78, 5) is 16.3. The average Bonchev–Trinajstić information content (AvgIpc) is 2.95. The van der Waals surface area contributed by atoms with Gasteiger partial charge >= 0.3 is 0 Å². The van der Waals surface area contributed by atoms with Gasteiger partial charge in [0.25, 0.3) is 0 Å². The second-order valence-corrected chi connectivity index (χ2v) is 10.2. The van der Waals surface area contributed by atoms with Crippen molar-refractivity contribution in [2.45, 2.75) is 52.1 Å². The molecular weight excluding hydrogens is 346 g/mol. The number of hydrogen-bond donors (Lipinski definition) is 2. The highest BCUT2D eigenvalue weighted by atomic mass is 16.2. The van der Waals surface area contributed by atoms with Gasteiger partial charge in [-0.15, -0.1) is 0 Å². The summed E-state index contributed by atoms with van der Waals surface area (Å²) in [6.45, 7) is 13.0. The molecule has 4 aliphatic rings. The molecule has 4 heteroatoms. The van der Waals surface area contributed by atoms with Gasteiger partial charge in [-0.05, 0) is 42.1 Å². The van der Waals surface area contributed by atoms with Crippen LogP contribution in [0.25, 0.3) is 0 Å². The maximum Gasteiger partial charge on any atom is 0.240 e. The molecule has 0 radical (unpaired) electrons. The van der Waals surface area contributed by atoms with Gasteiger partial charge in [0.2, 0.25) is 5.91 Å². The molecule has 154 valence electrons. The molecule has 0 spiro atoms. The fraction of sp³-hybridized carbons (Fsp3) is 0.708. The summed E-state index contributed by atoms with van der Waals surface area (Å²) in [5.41, 5.74) is 0.936. The van der Waals surface area contributed by atoms with E-state index in [0.29, 0.717) is 35.6 Å². The van der Waals surface area contributed by atoms with Gasteiger partial charge in [-0.3, -0.25) is 9.69 Å². The number of carbonyl (C=O) groups excluding carboxylic acids is 1. The van der Waals surface area contributed by atoms with Crippen LogP contribution in [0.3, 0.4) is 0 Å². The lowest BCUT2D eigenvalue weighted by molar-refractivity contribution is -0.138. The maximum atomic E-state index is 13.5. The van der Waals surface area contributed by atoms with Crippen LogP contribution in [-0.4, -0.2) is 48.6 Å². The predicted molar refractivity (Wildman–Crippen MR) is 114 cm³/mol. The topological polar surface area (TPSA) is 44.4 Å². The highest BCUT2D eigenvalue weighted by molar-refractivity contribution is 5.87. The number of piperidine rings is 2. The third-order valence-electron chi connectivity index (χ3n) is 7.19. The SMILES string of the molecule is CC(C)CNC(=O)[C@@]12C[C@@H]3CN(CC(C)C)[C@H]([C@@H]3CN1)[C@@H]2Cc1ccccc1. The van der Waals surface area contributed by atoms with Crippen LogP contribution >= 0.6 is 0 Å². The van der Waals surface area contributed by atoms with Crippen LogP contribution in [0.2, 0.25) is 0 Å². The predicted octanol–water partition coefficient (Wildman–Crippen LogP) is 2.94. The third-order valence-corrected chi connectivity index (χ3v) is 7.19. The fourth-order valence-corrected chi connectivity index (χ4v) is 6.15. The Kier molecular flexibility index (Phi) is 5.54. The summed E-state index contributed by atoms with van der Waals surface area (Å²) in [6.07, 6.45) is 1.97. The van der Waals surface area contributed by atoms with Crippen molar-refractivity contribution in [3.05, 3.63) is 35.9 Å². The normalized spacial score (nSPS) is 34.4. The van der Waals surface area contributed by atoms with Crippen LogP contribution in [0.5, 0.6) is 0 Å². The van der Waals surface area contributed by atoms with E-state index in [1.54, 1.807) is 0 Å². The Hall–Kier alpha value is -1.39. The second kappa shape index (κ2) is 7.79. The van der Waals surface area contributed by atoms with Crippen LogP contribution in [0, 0.1) is 29.6 Å². The van der Waals surface area contributed by atoms with Crippen LogP contribution in [0.4, 0.5) is 0 Å². The molecule has 5 atom stereocenters. The Morgan fingerprint density at radius 3 is 2.64 bits per heavy atom. The lowest BCUT2D eigenvalue weighted by Gasteiger charge is -2.56. The van der Waals surface area contributed by atoms with E-state index >= 15 is 0 Å². The molecule has 4 bridgehead atoms. The van der Waals surface area contributed by atoms with Gasteiger partial charge in [-0.1, -0.05) is 58.0 Å². The standard InChI is InChI=1S/C24H37N3O/c1-16(2)12-25-23(28)24-11-19-15-27(14-17(3)4)22(20(19)13-26-24)21(24)10-18-8-6-5-7-9-18/h5-9,16-17,19-22,26H,10-15H2,1-4H3,(H,25,28)/t19-,20-,21+,22-,24+/m1/s1. The van der Waals surface area contributed by atoms with E-state index < -0.39 is 5.54 Å². The first-order valence-electron chi connectivity index (χ1n) is 11.2. The zero-order chi connectivity index (χ0) is 19.9. The molecule has 2 N–H and O–H groups in total. The first kappa shape index (κ1) is 19.9. The fourth-order valence-electron chi connectivity index (χ4n) is 6.15. The summed E-state index contributed by atoms with van der Waals surface area (Å²) in [5.74, 6) is 3.05. The number of nitrogens with zero attached hydrogens (tertiary/aromatic N) is 1. The second-order valence-electron chi connectivity index (χ2n) is 10.2. The Morgan fingerprint density at radius 1 is 1.21 bits per heavy atom. The Morgan fingerprint density at radius 2 is 1.96 bits per heavy atom. The van der Waals surface area contributed by atoms with Crippen molar-refractivity contribution in [1.82, 2.24) is 15.5 Å². The van der Waals surface area contributed by atoms with Gasteiger partial charge in [-0.2, -0.15) is 0 Å². The van der Waals surface area contributed by atoms with Crippen molar-refractivity contribution in [2.24, 2.45) is 29.6 Å². The molecule has 4 fully saturated rings. The quantitative estimate of drug-likeness (QED) is 0.761. The number of amides is 1. The monoisotopic (exact) mass is 383 g/mol. The van der Waals surface area contributed by atoms with Crippen molar-refractivity contribution < 1.29 is 4.79 Å². The third kappa shape index (κ3) is 3.50. The van der Waals surface area contributed by atoms with E-state index in [1.807, 2.05) is 0 Å². The van der Waals surface area contributed by atoms with Crippen molar-refractivity contribution in [3.63, 3.8) is 0 Å². The number of carbonyl (C=O) groups is 1. The van der Waals surface area contributed by atoms with Gasteiger partial charge in [0.05, 0.1) is 0 Å². The molecule has 1 amide bonds. The van der Waals surface area contributed by atoms with Gasteiger partial charge in [0.15, 0.2) is 0 Å². The Balaban J connectivity index is 1.66. The molecule has 4 nitrogen and oxygen atoms in total. The first-order valence-corrected chi connectivity index (χ1v) is 11.2. The Bertz CT molecular complexity index is 688. The number of benzene rings is 1. The molecule has 1 aliphatic carbocycles. The smallest absolute Gasteiger partial charge is 0.240 e. The summed E-state index contributed by atoms with van der Waals surface area (Å²) >= 11 is 0. The molecule has 0 unspecified atom stereocenters. The minimum atomic E-state index is -0.416. The van der Waals surface area contributed by atoms with Gasteiger partial charge in [0.1, 0.15) is 5.54 Å². The molecule has 1 aromatic rings. The van der Waals surface area contributed by atoms with Crippen molar-refractivity contribution in [1.29, 1.82) is 0 Å². The van der Waals surface area contributed by atoms with Crippen LogP contribution in [-0.2, 0) is 11.2 Å². The molecule has 3 aliphatic heterocycles. The number of nitrogens with one attached hydrogen (secondary N) is 2. The van der Waals surface area contributed by atoms with Crippen molar-refractivity contribution in [2.75, 3.05) is 26.2 Å². The van der Waals surface area contributed by atoms with Gasteiger partial charge < -0.3 is 10.6 Å². The van der Waals surface area contributed by atoms with E-state index in [-0.39, 0.29) is 5.91 Å². The molecule has 1 saturated carbocycles. The van der Waals surface area contributed by atoms with E-state index in [1.165, 1.54) is 12.1 Å². The van der Waals surface area contributed by atoms with Crippen LogP contribution < -0.4 is 10.6 Å². The molecule has 5 rings (SSSR count). The zero-order valence-electron chi connectivity index (χ0n) is 17.9. The summed E-state index contributed by atoms with van der Waals surface area (Å²) in [7, 11) is 0. The van der Waals surface area contributed by atoms with E-state index in [2.05, 4.69) is 73.6 Å². The van der Waals surface area contributed by atoms with E-state index in [4.69, 9.17) is 0 Å². The van der Waals surface area contributed by atoms with E-state index in [9.17, 15) is 4.79 Å². The number of hydrogen-bond acceptors (Lipinski definition) is 3. The van der Waals surface area contributed by atoms with E-state index in [0.717, 1.165) is 32.5 Å². The van der Waals surface area contributed by atoms with Crippen LogP contribution in [0.1, 0.15) is 39.7 Å². The molecule has 28 heavy (non-hydrogen) atoms. The number of fused-ring (bicyclic) bond motifs is 1. The largest absolute Gasteiger partial charge is 0.354 e. The average molecular weight is 384 g/mol. The highest BCUT2D eigenvalue weighted by Crippen LogP contribution is 2.52. The maximum absolute atomic E-state index is 13.5. The summed E-state index contributed by atoms with van der Waals surface area (Å²) in [5, 5.41) is 7.05. The van der Waals surface area contributed by atoms with Gasteiger partial charge in [0, 0.05) is 38.1 Å². The Labute approximate surface area is 170 Å². The molecule has 3 heterocycles. The van der Waals surface area contributed by atoms with Crippen molar-refractivity contribution in [3.8, 4) is 0 Å². The first-order chi connectivity index (χ1) is 13.4. The van der Waals surface area contributed by atoms with Crippen LogP contribution in [0.15, 0.2) is 30.3 Å². The summed E-state index contributed by atoms with van der Waals surface area (Å²) < 4.78 is 0. The summed E-state index contributed by atoms with van der Waals surface area (Å²) in [6, 6.07) is 11.3. The molecule has 1 aromatic carbocycles. The highest BCUT2D eigenvalue weighted by Gasteiger charge is 2.64. The molecule has 3 saturated heterocycles. The van der Waals surface area contributed by atoms with Gasteiger partial charge in [-0.25, -0.2) is 0 Å². The minimum Gasteiger partial charge on any atom is -0.354 e. The zero-order valence-corrected chi connectivity index (χ0v) is 17.9. The van der Waals surface area contributed by atoms with Crippen molar-refractivity contribution >= 4 is 5.91 Å². The lowest BCUT2D eigenvalue weighted by Crippen LogP contribution is -2.74. The lowest BCUT2D eigenvalue weighted by atomic mass is 9.58.